The van der Waals surface area contributed by atoms with Gasteiger partial charge in [0.2, 0.25) is 5.91 Å². The van der Waals surface area contributed by atoms with E-state index in [-0.39, 0.29) is 17.7 Å². The van der Waals surface area contributed by atoms with Crippen LogP contribution in [0.5, 0.6) is 0 Å². The average molecular weight is 438 g/mol. The molecule has 2 aliphatic rings. The number of H-pyrrole nitrogens is 1. The van der Waals surface area contributed by atoms with E-state index < -0.39 is 6.04 Å². The Morgan fingerprint density at radius 3 is 2.94 bits per heavy atom. The summed E-state index contributed by atoms with van der Waals surface area (Å²) >= 11 is 1.50. The smallest absolute Gasteiger partial charge is 0.261 e. The summed E-state index contributed by atoms with van der Waals surface area (Å²) < 4.78 is 0. The molecule has 2 aliphatic heterocycles. The molecule has 3 amide bonds. The summed E-state index contributed by atoms with van der Waals surface area (Å²) in [6, 6.07) is 6.89. The summed E-state index contributed by atoms with van der Waals surface area (Å²) in [7, 11) is 1.62. The summed E-state index contributed by atoms with van der Waals surface area (Å²) in [6.07, 6.45) is 3.92. The van der Waals surface area contributed by atoms with Crippen molar-refractivity contribution in [2.75, 3.05) is 20.1 Å². The summed E-state index contributed by atoms with van der Waals surface area (Å²) in [5, 5.41) is 10.4. The number of likely N-dealkylation sites (tertiary alicyclic amines) is 1. The molecule has 2 aromatic heterocycles. The van der Waals surface area contributed by atoms with Crippen LogP contribution in [0.2, 0.25) is 0 Å². The fourth-order valence-corrected chi connectivity index (χ4v) is 5.58. The van der Waals surface area contributed by atoms with E-state index in [1.807, 2.05) is 23.1 Å². The SMILES string of the molecule is CNC(=O)c1cc2c(s1)CCN(C(=O)C1CCCN1C(=O)c1ccc3[nH]ncc3c1)C2. The second kappa shape index (κ2) is 7.81. The average Bonchev–Trinajstić information content (AvgIpc) is 3.55. The molecule has 0 aliphatic carbocycles. The van der Waals surface area contributed by atoms with Crippen LogP contribution in [0.15, 0.2) is 30.5 Å². The summed E-state index contributed by atoms with van der Waals surface area (Å²) in [4.78, 5) is 43.9. The number of aromatic amines is 1. The Hall–Kier alpha value is -3.20. The van der Waals surface area contributed by atoms with Crippen molar-refractivity contribution in [1.29, 1.82) is 0 Å². The van der Waals surface area contributed by atoms with Crippen molar-refractivity contribution < 1.29 is 14.4 Å². The number of fused-ring (bicyclic) bond motifs is 2. The quantitative estimate of drug-likeness (QED) is 0.656. The van der Waals surface area contributed by atoms with E-state index in [0.717, 1.165) is 34.2 Å². The van der Waals surface area contributed by atoms with Crippen LogP contribution in [0.1, 0.15) is 43.3 Å². The van der Waals surface area contributed by atoms with Crippen molar-refractivity contribution in [3.8, 4) is 0 Å². The minimum atomic E-state index is -0.439. The van der Waals surface area contributed by atoms with E-state index in [9.17, 15) is 14.4 Å². The number of nitrogens with zero attached hydrogens (tertiary/aromatic N) is 3. The Balaban J connectivity index is 1.33. The molecule has 0 spiro atoms. The molecule has 1 saturated heterocycles. The zero-order valence-electron chi connectivity index (χ0n) is 17.2. The third kappa shape index (κ3) is 3.48. The molecule has 160 valence electrons. The van der Waals surface area contributed by atoms with Crippen LogP contribution in [0.3, 0.4) is 0 Å². The van der Waals surface area contributed by atoms with E-state index in [1.54, 1.807) is 24.2 Å². The van der Waals surface area contributed by atoms with E-state index in [4.69, 9.17) is 0 Å². The fraction of sp³-hybridized carbons (Fsp3) is 0.364. The molecule has 1 fully saturated rings. The Morgan fingerprint density at radius 2 is 2.10 bits per heavy atom. The largest absolute Gasteiger partial charge is 0.354 e. The highest BCUT2D eigenvalue weighted by atomic mass is 32.1. The molecule has 4 heterocycles. The molecule has 5 rings (SSSR count). The monoisotopic (exact) mass is 437 g/mol. The van der Waals surface area contributed by atoms with Gasteiger partial charge in [-0.3, -0.25) is 19.5 Å². The molecule has 3 aromatic rings. The lowest BCUT2D eigenvalue weighted by molar-refractivity contribution is -0.136. The highest BCUT2D eigenvalue weighted by Gasteiger charge is 2.38. The standard InChI is InChI=1S/C22H23N5O3S/c1-23-20(28)19-10-15-12-26(8-6-18(15)31-19)22(30)17-3-2-7-27(17)21(29)13-4-5-16-14(9-13)11-24-25-16/h4-5,9-11,17H,2-3,6-8,12H2,1H3,(H,23,28)(H,24,25). The number of benzene rings is 1. The van der Waals surface area contributed by atoms with Crippen LogP contribution < -0.4 is 5.32 Å². The molecule has 0 saturated carbocycles. The lowest BCUT2D eigenvalue weighted by Crippen LogP contribution is -2.48. The minimum Gasteiger partial charge on any atom is -0.354 e. The van der Waals surface area contributed by atoms with Gasteiger partial charge in [-0.15, -0.1) is 11.3 Å². The van der Waals surface area contributed by atoms with Crippen molar-refractivity contribution in [2.24, 2.45) is 0 Å². The highest BCUT2D eigenvalue weighted by Crippen LogP contribution is 2.30. The first-order chi connectivity index (χ1) is 15.0. The van der Waals surface area contributed by atoms with Gasteiger partial charge in [-0.1, -0.05) is 0 Å². The molecule has 0 bridgehead atoms. The molecule has 0 radical (unpaired) electrons. The number of aromatic nitrogens is 2. The first-order valence-electron chi connectivity index (χ1n) is 10.4. The number of nitrogens with one attached hydrogen (secondary N) is 2. The second-order valence-electron chi connectivity index (χ2n) is 7.98. The predicted molar refractivity (Wildman–Crippen MR) is 117 cm³/mol. The molecule has 8 nitrogen and oxygen atoms in total. The van der Waals surface area contributed by atoms with Gasteiger partial charge in [-0.05, 0) is 49.1 Å². The summed E-state index contributed by atoms with van der Waals surface area (Å²) in [5.74, 6) is -0.220. The first-order valence-corrected chi connectivity index (χ1v) is 11.2. The van der Waals surface area contributed by atoms with E-state index in [0.29, 0.717) is 36.5 Å². The van der Waals surface area contributed by atoms with Crippen LogP contribution in [-0.4, -0.2) is 63.9 Å². The summed E-state index contributed by atoms with van der Waals surface area (Å²) in [6.45, 7) is 1.68. The second-order valence-corrected chi connectivity index (χ2v) is 9.11. The zero-order chi connectivity index (χ0) is 21.5. The van der Waals surface area contributed by atoms with E-state index >= 15 is 0 Å². The van der Waals surface area contributed by atoms with Crippen molar-refractivity contribution in [3.05, 3.63) is 51.3 Å². The van der Waals surface area contributed by atoms with Gasteiger partial charge in [-0.2, -0.15) is 5.10 Å². The number of carbonyl (C=O) groups excluding carboxylic acids is 3. The van der Waals surface area contributed by atoms with Crippen molar-refractivity contribution in [1.82, 2.24) is 25.3 Å². The number of carbonyl (C=O) groups is 3. The maximum Gasteiger partial charge on any atom is 0.261 e. The molecule has 31 heavy (non-hydrogen) atoms. The van der Waals surface area contributed by atoms with Crippen molar-refractivity contribution in [2.45, 2.75) is 31.8 Å². The maximum atomic E-state index is 13.4. The number of rotatable bonds is 3. The first kappa shape index (κ1) is 19.7. The zero-order valence-corrected chi connectivity index (χ0v) is 18.0. The Kier molecular flexibility index (Phi) is 4.97. The lowest BCUT2D eigenvalue weighted by Gasteiger charge is -2.32. The molecular formula is C22H23N5O3S. The highest BCUT2D eigenvalue weighted by molar-refractivity contribution is 7.14. The molecule has 1 unspecified atom stereocenters. The lowest BCUT2D eigenvalue weighted by atomic mass is 10.1. The third-order valence-electron chi connectivity index (χ3n) is 6.12. The van der Waals surface area contributed by atoms with Gasteiger partial charge < -0.3 is 15.1 Å². The minimum absolute atomic E-state index is 0.00594. The maximum absolute atomic E-state index is 13.4. The van der Waals surface area contributed by atoms with E-state index in [1.165, 1.54) is 11.3 Å². The Labute approximate surface area is 183 Å². The van der Waals surface area contributed by atoms with Crippen LogP contribution in [-0.2, 0) is 17.8 Å². The third-order valence-corrected chi connectivity index (χ3v) is 7.35. The van der Waals surface area contributed by atoms with E-state index in [2.05, 4.69) is 15.5 Å². The Bertz CT molecular complexity index is 1180. The number of hydrogen-bond donors (Lipinski definition) is 2. The molecule has 1 aromatic carbocycles. The molecule has 1 atom stereocenters. The number of amides is 3. The van der Waals surface area contributed by atoms with Gasteiger partial charge in [0.1, 0.15) is 6.04 Å². The van der Waals surface area contributed by atoms with Gasteiger partial charge >= 0.3 is 0 Å². The van der Waals surface area contributed by atoms with Crippen LogP contribution in [0.25, 0.3) is 10.9 Å². The summed E-state index contributed by atoms with van der Waals surface area (Å²) in [5.41, 5.74) is 2.48. The van der Waals surface area contributed by atoms with Gasteiger partial charge in [0.05, 0.1) is 16.6 Å². The number of thiophene rings is 1. The van der Waals surface area contributed by atoms with Gasteiger partial charge in [0.25, 0.3) is 11.8 Å². The molecule has 2 N–H and O–H groups in total. The predicted octanol–water partition coefficient (Wildman–Crippen LogP) is 2.17. The van der Waals surface area contributed by atoms with Gasteiger partial charge in [0, 0.05) is 42.5 Å². The van der Waals surface area contributed by atoms with Gasteiger partial charge in [-0.25, -0.2) is 0 Å². The Morgan fingerprint density at radius 1 is 1.23 bits per heavy atom. The van der Waals surface area contributed by atoms with Crippen LogP contribution >= 0.6 is 11.3 Å². The molecule has 9 heteroatoms. The normalized spacial score (nSPS) is 18.3. The topological polar surface area (TPSA) is 98.4 Å². The van der Waals surface area contributed by atoms with Crippen LogP contribution in [0, 0.1) is 0 Å². The molecular weight excluding hydrogens is 414 g/mol. The number of hydrogen-bond acceptors (Lipinski definition) is 5. The van der Waals surface area contributed by atoms with Crippen LogP contribution in [0.4, 0.5) is 0 Å². The fourth-order valence-electron chi connectivity index (χ4n) is 4.48. The van der Waals surface area contributed by atoms with Crippen molar-refractivity contribution in [3.63, 3.8) is 0 Å². The van der Waals surface area contributed by atoms with Crippen molar-refractivity contribution >= 4 is 40.0 Å². The van der Waals surface area contributed by atoms with Gasteiger partial charge in [0.15, 0.2) is 0 Å².